The largest absolute Gasteiger partial charge is 0.353 e. The highest BCUT2D eigenvalue weighted by Crippen LogP contribution is 2.26. The number of nitrogens with two attached hydrogens (primary N) is 1. The summed E-state index contributed by atoms with van der Waals surface area (Å²) >= 11 is 0. The van der Waals surface area contributed by atoms with Crippen molar-refractivity contribution in [2.45, 2.75) is 38.6 Å². The van der Waals surface area contributed by atoms with Crippen molar-refractivity contribution in [2.24, 2.45) is 11.7 Å². The zero-order valence-corrected chi connectivity index (χ0v) is 15.9. The molecule has 0 amide bonds. The first-order valence-electron chi connectivity index (χ1n) is 9.81. The molecule has 1 fully saturated rings. The summed E-state index contributed by atoms with van der Waals surface area (Å²) in [6, 6.07) is 2.42. The van der Waals surface area contributed by atoms with Crippen molar-refractivity contribution in [3.05, 3.63) is 42.7 Å². The van der Waals surface area contributed by atoms with Crippen LogP contribution in [0.5, 0.6) is 0 Å². The van der Waals surface area contributed by atoms with Gasteiger partial charge in [0.2, 0.25) is 11.7 Å². The first kappa shape index (κ1) is 17.1. The lowest BCUT2D eigenvalue weighted by Crippen LogP contribution is -2.29. The van der Waals surface area contributed by atoms with Gasteiger partial charge in [0.25, 0.3) is 0 Å². The molecule has 0 spiro atoms. The molecule has 0 aromatic carbocycles. The average molecular weight is 376 g/mol. The predicted octanol–water partition coefficient (Wildman–Crippen LogP) is 2.68. The Bertz CT molecular complexity index is 1120. The fourth-order valence-electron chi connectivity index (χ4n) is 3.98. The lowest BCUT2D eigenvalue weighted by molar-refractivity contribution is 0.338. The highest BCUT2D eigenvalue weighted by atomic mass is 15.3. The molecule has 5 rings (SSSR count). The van der Waals surface area contributed by atoms with E-state index in [1.165, 1.54) is 12.8 Å². The van der Waals surface area contributed by atoms with Crippen molar-refractivity contribution in [1.29, 1.82) is 0 Å². The number of hydrogen-bond donors (Lipinski definition) is 2. The zero-order chi connectivity index (χ0) is 19.1. The Labute approximate surface area is 162 Å². The third-order valence-electron chi connectivity index (χ3n) is 5.72. The van der Waals surface area contributed by atoms with Crippen molar-refractivity contribution in [3.63, 3.8) is 0 Å². The number of imidazole rings is 1. The Morgan fingerprint density at radius 1 is 1.11 bits per heavy atom. The van der Waals surface area contributed by atoms with Gasteiger partial charge in [0.15, 0.2) is 0 Å². The average Bonchev–Trinajstić information content (AvgIpc) is 3.30. The van der Waals surface area contributed by atoms with Crippen LogP contribution in [0.3, 0.4) is 0 Å². The Morgan fingerprint density at radius 3 is 2.79 bits per heavy atom. The van der Waals surface area contributed by atoms with E-state index in [2.05, 4.69) is 31.6 Å². The molecule has 8 nitrogen and oxygen atoms in total. The summed E-state index contributed by atoms with van der Waals surface area (Å²) in [6.45, 7) is 2.91. The van der Waals surface area contributed by atoms with Gasteiger partial charge in [0.1, 0.15) is 0 Å². The topological polar surface area (TPSA) is 98.4 Å². The van der Waals surface area contributed by atoms with Crippen LogP contribution >= 0.6 is 0 Å². The van der Waals surface area contributed by atoms with Gasteiger partial charge in [-0.05, 0) is 44.6 Å². The van der Waals surface area contributed by atoms with E-state index >= 15 is 0 Å². The number of hydrogen-bond acceptors (Lipinski definition) is 6. The third-order valence-corrected chi connectivity index (χ3v) is 5.72. The molecule has 28 heavy (non-hydrogen) atoms. The van der Waals surface area contributed by atoms with E-state index in [1.807, 2.05) is 46.7 Å². The molecular formula is C20H24N8. The molecule has 0 radical (unpaired) electrons. The predicted molar refractivity (Wildman–Crippen MR) is 108 cm³/mol. The normalized spacial score (nSPS) is 20.1. The molecule has 8 heteroatoms. The van der Waals surface area contributed by atoms with Gasteiger partial charge in [-0.15, -0.1) is 5.10 Å². The maximum Gasteiger partial charge on any atom is 0.241 e. The summed E-state index contributed by atoms with van der Waals surface area (Å²) in [5.74, 6) is 2.01. The number of aryl methyl sites for hydroxylation is 1. The summed E-state index contributed by atoms with van der Waals surface area (Å²) in [5.41, 5.74) is 10.1. The van der Waals surface area contributed by atoms with Crippen LogP contribution in [0.25, 0.3) is 22.4 Å². The number of rotatable bonds is 4. The highest BCUT2D eigenvalue weighted by molar-refractivity contribution is 5.79. The standard InChI is InChI=1S/C20H24N8/c1-13-8-24-20-25-10-15(12-27(13)20)17-6-7-28-18(17)11-23-19(26-28)22-9-14-2-4-16(21)5-3-14/h6-8,10-12,14,16H,2-5,9,21H2,1H3,(H,22,26). The minimum Gasteiger partial charge on any atom is -0.353 e. The lowest BCUT2D eigenvalue weighted by atomic mass is 9.86. The van der Waals surface area contributed by atoms with E-state index in [0.717, 1.165) is 41.7 Å². The second-order valence-electron chi connectivity index (χ2n) is 7.71. The van der Waals surface area contributed by atoms with Gasteiger partial charge in [-0.3, -0.25) is 4.40 Å². The second kappa shape index (κ2) is 6.87. The number of nitrogens with zero attached hydrogens (tertiary/aromatic N) is 6. The van der Waals surface area contributed by atoms with Crippen LogP contribution in [0.4, 0.5) is 5.95 Å². The molecule has 0 bridgehead atoms. The fraction of sp³-hybridized carbons (Fsp3) is 0.400. The summed E-state index contributed by atoms with van der Waals surface area (Å²) in [5, 5.41) is 8.01. The maximum absolute atomic E-state index is 5.99. The number of nitrogens with one attached hydrogen (secondary N) is 1. The van der Waals surface area contributed by atoms with Gasteiger partial charge < -0.3 is 11.1 Å². The molecule has 0 unspecified atom stereocenters. The van der Waals surface area contributed by atoms with Crippen molar-refractivity contribution >= 4 is 17.2 Å². The van der Waals surface area contributed by atoms with Gasteiger partial charge in [-0.2, -0.15) is 0 Å². The Morgan fingerprint density at radius 2 is 1.93 bits per heavy atom. The minimum absolute atomic E-state index is 0.377. The molecule has 1 saturated carbocycles. The Hall–Kier alpha value is -3.00. The summed E-state index contributed by atoms with van der Waals surface area (Å²) < 4.78 is 3.86. The van der Waals surface area contributed by atoms with E-state index in [1.54, 1.807) is 0 Å². The molecule has 0 saturated heterocycles. The van der Waals surface area contributed by atoms with Gasteiger partial charge >= 0.3 is 0 Å². The Balaban J connectivity index is 1.37. The monoisotopic (exact) mass is 376 g/mol. The molecule has 4 heterocycles. The van der Waals surface area contributed by atoms with E-state index < -0.39 is 0 Å². The smallest absolute Gasteiger partial charge is 0.241 e. The molecule has 0 atom stereocenters. The minimum atomic E-state index is 0.377. The summed E-state index contributed by atoms with van der Waals surface area (Å²) in [4.78, 5) is 13.3. The van der Waals surface area contributed by atoms with Crippen LogP contribution < -0.4 is 11.1 Å². The summed E-state index contributed by atoms with van der Waals surface area (Å²) in [7, 11) is 0. The molecular weight excluding hydrogens is 352 g/mol. The quantitative estimate of drug-likeness (QED) is 0.568. The summed E-state index contributed by atoms with van der Waals surface area (Å²) in [6.07, 6.45) is 14.1. The maximum atomic E-state index is 5.99. The van der Waals surface area contributed by atoms with Crippen molar-refractivity contribution in [2.75, 3.05) is 11.9 Å². The van der Waals surface area contributed by atoms with Crippen LogP contribution in [0.2, 0.25) is 0 Å². The van der Waals surface area contributed by atoms with Gasteiger partial charge in [0.05, 0.1) is 17.9 Å². The zero-order valence-electron chi connectivity index (χ0n) is 15.9. The van der Waals surface area contributed by atoms with E-state index in [9.17, 15) is 0 Å². The lowest BCUT2D eigenvalue weighted by Gasteiger charge is -2.26. The molecule has 3 N–H and O–H groups in total. The van der Waals surface area contributed by atoms with Crippen molar-refractivity contribution in [3.8, 4) is 11.1 Å². The molecule has 1 aliphatic carbocycles. The fourth-order valence-corrected chi connectivity index (χ4v) is 3.98. The van der Waals surface area contributed by atoms with Gasteiger partial charge in [-0.1, -0.05) is 0 Å². The van der Waals surface area contributed by atoms with Crippen LogP contribution in [-0.2, 0) is 0 Å². The van der Waals surface area contributed by atoms with E-state index in [4.69, 9.17) is 5.73 Å². The highest BCUT2D eigenvalue weighted by Gasteiger charge is 2.18. The van der Waals surface area contributed by atoms with Gasteiger partial charge in [-0.25, -0.2) is 19.5 Å². The van der Waals surface area contributed by atoms with Gasteiger partial charge in [0, 0.05) is 48.0 Å². The van der Waals surface area contributed by atoms with Crippen LogP contribution in [0.15, 0.2) is 37.1 Å². The third kappa shape index (κ3) is 3.09. The molecule has 0 aliphatic heterocycles. The Kier molecular flexibility index (Phi) is 4.20. The number of fused-ring (bicyclic) bond motifs is 2. The molecule has 4 aromatic rings. The van der Waals surface area contributed by atoms with E-state index in [0.29, 0.717) is 23.7 Å². The van der Waals surface area contributed by atoms with Crippen LogP contribution in [0, 0.1) is 12.8 Å². The van der Waals surface area contributed by atoms with Crippen LogP contribution in [-0.4, -0.2) is 41.6 Å². The number of aromatic nitrogens is 6. The SMILES string of the molecule is Cc1cnc2ncc(-c3ccn4nc(NCC5CCC(N)CC5)ncc34)cn12. The first-order valence-corrected chi connectivity index (χ1v) is 9.81. The van der Waals surface area contributed by atoms with Crippen molar-refractivity contribution < 1.29 is 0 Å². The van der Waals surface area contributed by atoms with Crippen molar-refractivity contribution in [1.82, 2.24) is 29.0 Å². The molecule has 144 valence electrons. The first-order chi connectivity index (χ1) is 13.7. The molecule has 1 aliphatic rings. The number of anilines is 1. The van der Waals surface area contributed by atoms with E-state index in [-0.39, 0.29) is 0 Å². The second-order valence-corrected chi connectivity index (χ2v) is 7.71. The van der Waals surface area contributed by atoms with Crippen LogP contribution in [0.1, 0.15) is 31.4 Å². The molecule has 4 aromatic heterocycles.